The predicted octanol–water partition coefficient (Wildman–Crippen LogP) is 3.58. The minimum atomic E-state index is -4.42. The summed E-state index contributed by atoms with van der Waals surface area (Å²) in [5.41, 5.74) is 0.707. The van der Waals surface area contributed by atoms with E-state index in [1.165, 1.54) is 12.1 Å². The summed E-state index contributed by atoms with van der Waals surface area (Å²) in [5, 5.41) is 13.1. The van der Waals surface area contributed by atoms with E-state index in [1.54, 1.807) is 26.1 Å². The Kier molecular flexibility index (Phi) is 5.33. The highest BCUT2D eigenvalue weighted by atomic mass is 19.4. The third kappa shape index (κ3) is 3.97. The molecule has 3 N–H and O–H groups in total. The lowest BCUT2D eigenvalue weighted by Gasteiger charge is -2.23. The first-order valence-electron chi connectivity index (χ1n) is 7.54. The normalized spacial score (nSPS) is 14.2. The van der Waals surface area contributed by atoms with Crippen molar-refractivity contribution in [2.75, 3.05) is 0 Å². The number of carbonyl (C=O) groups is 1. The monoisotopic (exact) mass is 340 g/mol. The number of halogens is 3. The third-order valence-corrected chi connectivity index (χ3v) is 3.92. The summed E-state index contributed by atoms with van der Waals surface area (Å²) in [6.45, 7) is 3.53. The molecule has 0 radical (unpaired) electrons. The van der Waals surface area contributed by atoms with E-state index in [0.717, 1.165) is 12.1 Å². The smallest absolute Gasteiger partial charge is 0.386 e. The van der Waals surface area contributed by atoms with Gasteiger partial charge in [-0.05, 0) is 37.1 Å². The van der Waals surface area contributed by atoms with Gasteiger partial charge in [-0.15, -0.1) is 0 Å². The Morgan fingerprint density at radius 1 is 1.25 bits per heavy atom. The molecule has 1 aromatic heterocycles. The van der Waals surface area contributed by atoms with E-state index in [-0.39, 0.29) is 5.91 Å². The van der Waals surface area contributed by atoms with Crippen LogP contribution in [0.1, 0.15) is 46.6 Å². The van der Waals surface area contributed by atoms with Gasteiger partial charge < -0.3 is 15.4 Å². The molecular formula is C17H19F3N2O2. The van der Waals surface area contributed by atoms with Crippen molar-refractivity contribution >= 4 is 5.91 Å². The Labute approximate surface area is 137 Å². The molecule has 0 bridgehead atoms. The molecule has 4 nitrogen and oxygen atoms in total. The molecule has 7 heteroatoms. The van der Waals surface area contributed by atoms with Crippen LogP contribution in [0.2, 0.25) is 0 Å². The summed E-state index contributed by atoms with van der Waals surface area (Å²) >= 11 is 0. The van der Waals surface area contributed by atoms with Gasteiger partial charge in [-0.3, -0.25) is 4.79 Å². The Morgan fingerprint density at radius 2 is 1.88 bits per heavy atom. The molecule has 0 aliphatic heterocycles. The zero-order valence-electron chi connectivity index (χ0n) is 13.3. The fourth-order valence-electron chi connectivity index (χ4n) is 2.45. The van der Waals surface area contributed by atoms with Gasteiger partial charge in [0, 0.05) is 11.9 Å². The van der Waals surface area contributed by atoms with Crippen LogP contribution in [-0.4, -0.2) is 22.0 Å². The van der Waals surface area contributed by atoms with Crippen molar-refractivity contribution in [1.29, 1.82) is 0 Å². The van der Waals surface area contributed by atoms with Gasteiger partial charge in [-0.1, -0.05) is 19.1 Å². The van der Waals surface area contributed by atoms with E-state index < -0.39 is 23.9 Å². The summed E-state index contributed by atoms with van der Waals surface area (Å²) < 4.78 is 37.8. The summed E-state index contributed by atoms with van der Waals surface area (Å²) in [6, 6.07) is 5.31. The maximum atomic E-state index is 12.6. The number of aromatic amines is 1. The first-order chi connectivity index (χ1) is 11.2. The first-order valence-corrected chi connectivity index (χ1v) is 7.54. The summed E-state index contributed by atoms with van der Waals surface area (Å²) in [5.74, 6) is -0.341. The fraction of sp³-hybridized carbons (Fsp3) is 0.353. The van der Waals surface area contributed by atoms with Gasteiger partial charge in [0.25, 0.3) is 5.91 Å². The standard InChI is InChI=1S/C17H19F3N2O2/c1-3-14(22-16(24)13-8-9-21-10(13)2)15(23)11-4-6-12(7-5-11)17(18,19)20/h4-9,14-15,21,23H,3H2,1-2H3,(H,22,24). The lowest BCUT2D eigenvalue weighted by atomic mass is 9.98. The molecule has 1 aromatic carbocycles. The molecule has 1 heterocycles. The number of H-pyrrole nitrogens is 1. The second-order valence-corrected chi connectivity index (χ2v) is 5.57. The molecule has 2 rings (SSSR count). The topological polar surface area (TPSA) is 65.1 Å². The summed E-state index contributed by atoms with van der Waals surface area (Å²) in [6.07, 6.45) is -3.46. The van der Waals surface area contributed by atoms with Gasteiger partial charge in [0.15, 0.2) is 0 Å². The Morgan fingerprint density at radius 3 is 2.33 bits per heavy atom. The number of rotatable bonds is 5. The minimum Gasteiger partial charge on any atom is -0.386 e. The van der Waals surface area contributed by atoms with Crippen LogP contribution in [0, 0.1) is 6.92 Å². The van der Waals surface area contributed by atoms with Crippen molar-refractivity contribution in [2.24, 2.45) is 0 Å². The molecule has 1 amide bonds. The largest absolute Gasteiger partial charge is 0.416 e. The van der Waals surface area contributed by atoms with E-state index in [9.17, 15) is 23.1 Å². The van der Waals surface area contributed by atoms with Crippen molar-refractivity contribution in [1.82, 2.24) is 10.3 Å². The van der Waals surface area contributed by atoms with Gasteiger partial charge in [0.1, 0.15) is 0 Å². The van der Waals surface area contributed by atoms with E-state index in [0.29, 0.717) is 23.2 Å². The molecule has 2 atom stereocenters. The Balaban J connectivity index is 2.12. The van der Waals surface area contributed by atoms with Crippen molar-refractivity contribution in [3.63, 3.8) is 0 Å². The number of nitrogens with one attached hydrogen (secondary N) is 2. The lowest BCUT2D eigenvalue weighted by Crippen LogP contribution is -2.39. The van der Waals surface area contributed by atoms with E-state index in [2.05, 4.69) is 10.3 Å². The van der Waals surface area contributed by atoms with Gasteiger partial charge in [0.2, 0.25) is 0 Å². The van der Waals surface area contributed by atoms with Crippen LogP contribution in [-0.2, 0) is 6.18 Å². The molecule has 2 aromatic rings. The second-order valence-electron chi connectivity index (χ2n) is 5.57. The second kappa shape index (κ2) is 7.09. The number of amides is 1. The first kappa shape index (κ1) is 18.1. The van der Waals surface area contributed by atoms with Crippen LogP contribution in [0.3, 0.4) is 0 Å². The van der Waals surface area contributed by atoms with Gasteiger partial charge >= 0.3 is 6.18 Å². The number of hydrogen-bond donors (Lipinski definition) is 3. The number of carbonyl (C=O) groups excluding carboxylic acids is 1. The molecule has 0 spiro atoms. The van der Waals surface area contributed by atoms with Crippen molar-refractivity contribution in [3.05, 3.63) is 58.9 Å². The molecule has 0 fully saturated rings. The van der Waals surface area contributed by atoms with Crippen LogP contribution in [0.25, 0.3) is 0 Å². The maximum Gasteiger partial charge on any atom is 0.416 e. The molecule has 2 unspecified atom stereocenters. The van der Waals surface area contributed by atoms with Crippen molar-refractivity contribution in [2.45, 2.75) is 38.6 Å². The van der Waals surface area contributed by atoms with Crippen LogP contribution >= 0.6 is 0 Å². The van der Waals surface area contributed by atoms with Gasteiger partial charge in [-0.2, -0.15) is 13.2 Å². The zero-order chi connectivity index (χ0) is 17.9. The Hall–Kier alpha value is -2.28. The molecule has 0 saturated heterocycles. The van der Waals surface area contributed by atoms with Crippen LogP contribution in [0.5, 0.6) is 0 Å². The number of benzene rings is 1. The Bertz CT molecular complexity index is 693. The van der Waals surface area contributed by atoms with Crippen LogP contribution < -0.4 is 5.32 Å². The van der Waals surface area contributed by atoms with E-state index in [1.807, 2.05) is 0 Å². The minimum absolute atomic E-state index is 0.320. The van der Waals surface area contributed by atoms with Gasteiger partial charge in [-0.25, -0.2) is 0 Å². The van der Waals surface area contributed by atoms with Crippen molar-refractivity contribution < 1.29 is 23.1 Å². The van der Waals surface area contributed by atoms with Crippen LogP contribution in [0.15, 0.2) is 36.5 Å². The third-order valence-electron chi connectivity index (χ3n) is 3.92. The lowest BCUT2D eigenvalue weighted by molar-refractivity contribution is -0.137. The van der Waals surface area contributed by atoms with E-state index >= 15 is 0 Å². The molecule has 0 aliphatic carbocycles. The molecule has 0 aliphatic rings. The number of aliphatic hydroxyl groups excluding tert-OH is 1. The average Bonchev–Trinajstić information content (AvgIpc) is 2.97. The SMILES string of the molecule is CCC(NC(=O)c1cc[nH]c1C)C(O)c1ccc(C(F)(F)F)cc1. The number of aryl methyl sites for hydroxylation is 1. The fourth-order valence-corrected chi connectivity index (χ4v) is 2.45. The van der Waals surface area contributed by atoms with Gasteiger partial charge in [0.05, 0.1) is 23.3 Å². The number of aromatic nitrogens is 1. The highest BCUT2D eigenvalue weighted by Crippen LogP contribution is 2.30. The number of alkyl halides is 3. The summed E-state index contributed by atoms with van der Waals surface area (Å²) in [4.78, 5) is 15.1. The highest BCUT2D eigenvalue weighted by Gasteiger charge is 2.30. The predicted molar refractivity (Wildman–Crippen MR) is 83.5 cm³/mol. The molecule has 24 heavy (non-hydrogen) atoms. The quantitative estimate of drug-likeness (QED) is 0.779. The average molecular weight is 340 g/mol. The maximum absolute atomic E-state index is 12.6. The number of aliphatic hydroxyl groups is 1. The zero-order valence-corrected chi connectivity index (χ0v) is 13.3. The molecule has 130 valence electrons. The van der Waals surface area contributed by atoms with E-state index in [4.69, 9.17) is 0 Å². The molecular weight excluding hydrogens is 321 g/mol. The molecule has 0 saturated carbocycles. The van der Waals surface area contributed by atoms with Crippen LogP contribution in [0.4, 0.5) is 13.2 Å². The number of hydrogen-bond acceptors (Lipinski definition) is 2. The summed E-state index contributed by atoms with van der Waals surface area (Å²) in [7, 11) is 0. The highest BCUT2D eigenvalue weighted by molar-refractivity contribution is 5.95. The van der Waals surface area contributed by atoms with Crippen molar-refractivity contribution in [3.8, 4) is 0 Å².